The summed E-state index contributed by atoms with van der Waals surface area (Å²) < 4.78 is 5.92. The number of aliphatic hydroxyl groups is 1. The van der Waals surface area contributed by atoms with Gasteiger partial charge >= 0.3 is 0 Å². The van der Waals surface area contributed by atoms with Crippen LogP contribution < -0.4 is 15.0 Å². The van der Waals surface area contributed by atoms with E-state index in [2.05, 4.69) is 38.3 Å². The summed E-state index contributed by atoms with van der Waals surface area (Å²) in [6.45, 7) is 7.42. The van der Waals surface area contributed by atoms with Gasteiger partial charge in [-0.25, -0.2) is 4.98 Å². The van der Waals surface area contributed by atoms with Crippen molar-refractivity contribution < 1.29 is 19.7 Å². The number of benzene rings is 1. The summed E-state index contributed by atoms with van der Waals surface area (Å²) in [5, 5.41) is 21.6. The second-order valence-corrected chi connectivity index (χ2v) is 12.0. The molecule has 0 radical (unpaired) electrons. The lowest BCUT2D eigenvalue weighted by atomic mass is 9.69. The number of piperidine rings is 1. The van der Waals surface area contributed by atoms with Crippen molar-refractivity contribution in [1.29, 1.82) is 0 Å². The van der Waals surface area contributed by atoms with Gasteiger partial charge in [-0.1, -0.05) is 41.4 Å². The first-order chi connectivity index (χ1) is 20.4. The van der Waals surface area contributed by atoms with Gasteiger partial charge in [0.1, 0.15) is 11.6 Å². The van der Waals surface area contributed by atoms with E-state index in [4.69, 9.17) is 42.8 Å². The van der Waals surface area contributed by atoms with E-state index < -0.39 is 0 Å². The highest BCUT2D eigenvalue weighted by Gasteiger charge is 2.44. The number of aromatic nitrogens is 2. The number of para-hydroxylation sites is 1. The molecule has 2 saturated heterocycles. The van der Waals surface area contributed by atoms with Gasteiger partial charge in [0.05, 0.1) is 34.1 Å². The summed E-state index contributed by atoms with van der Waals surface area (Å²) in [4.78, 5) is 23.0. The van der Waals surface area contributed by atoms with Gasteiger partial charge in [-0.3, -0.25) is 14.7 Å². The molecule has 9 nitrogen and oxygen atoms in total. The molecule has 0 saturated carbocycles. The zero-order chi connectivity index (χ0) is 29.7. The lowest BCUT2D eigenvalue weighted by Crippen LogP contribution is -2.54. The Kier molecular flexibility index (Phi) is 9.85. The van der Waals surface area contributed by atoms with E-state index in [1.807, 2.05) is 25.1 Å². The lowest BCUT2D eigenvalue weighted by Gasteiger charge is -2.49. The molecule has 2 aromatic heterocycles. The van der Waals surface area contributed by atoms with Gasteiger partial charge in [-0.2, -0.15) is 0 Å². The second kappa shape index (κ2) is 13.6. The molecule has 2 fully saturated rings. The van der Waals surface area contributed by atoms with E-state index in [9.17, 15) is 5.11 Å². The molecule has 3 aliphatic rings. The molecule has 1 spiro atoms. The van der Waals surface area contributed by atoms with Crippen LogP contribution in [0, 0.1) is 0 Å². The zero-order valence-electron chi connectivity index (χ0n) is 23.7. The summed E-state index contributed by atoms with van der Waals surface area (Å²) >= 11 is 12.6. The topological polar surface area (TPSA) is 111 Å². The second-order valence-electron chi connectivity index (χ2n) is 11.1. The Labute approximate surface area is 256 Å². The predicted molar refractivity (Wildman–Crippen MR) is 165 cm³/mol. The summed E-state index contributed by atoms with van der Waals surface area (Å²) in [5.74, 6) is 1.66. The van der Waals surface area contributed by atoms with Crippen molar-refractivity contribution in [2.45, 2.75) is 50.3 Å². The third-order valence-corrected chi connectivity index (χ3v) is 8.88. The lowest BCUT2D eigenvalue weighted by molar-refractivity contribution is -0.122. The van der Waals surface area contributed by atoms with Crippen molar-refractivity contribution in [3.63, 3.8) is 0 Å². The number of ether oxygens (including phenoxy) is 1. The van der Waals surface area contributed by atoms with E-state index in [0.717, 1.165) is 80.5 Å². The molecule has 3 N–H and O–H groups in total. The fourth-order valence-corrected chi connectivity index (χ4v) is 7.09. The molecule has 6 rings (SSSR count). The van der Waals surface area contributed by atoms with Gasteiger partial charge < -0.3 is 25.2 Å². The van der Waals surface area contributed by atoms with Crippen LogP contribution in [-0.4, -0.2) is 83.0 Å². The first kappa shape index (κ1) is 30.5. The molecule has 0 aliphatic carbocycles. The van der Waals surface area contributed by atoms with Crippen LogP contribution in [0.15, 0.2) is 48.7 Å². The maximum atomic E-state index is 10.1. The van der Waals surface area contributed by atoms with Gasteiger partial charge in [-0.15, -0.1) is 0 Å². The third-order valence-electron chi connectivity index (χ3n) is 8.39. The highest BCUT2D eigenvalue weighted by Crippen LogP contribution is 2.44. The first-order valence-electron chi connectivity index (χ1n) is 14.4. The molecule has 0 bridgehead atoms. The van der Waals surface area contributed by atoms with E-state index >= 15 is 0 Å². The Bertz CT molecular complexity index is 1390. The highest BCUT2D eigenvalue weighted by atomic mass is 35.5. The number of halogens is 2. The number of carboxylic acid groups (broad SMARTS) is 1. The fraction of sp³-hybridized carbons (Fsp3) is 0.452. The summed E-state index contributed by atoms with van der Waals surface area (Å²) in [7, 11) is 0. The molecule has 0 unspecified atom stereocenters. The van der Waals surface area contributed by atoms with Crippen LogP contribution in [0.2, 0.25) is 10.0 Å². The molecule has 42 heavy (non-hydrogen) atoms. The molecule has 224 valence electrons. The Hall–Kier alpha value is -2.95. The molecule has 11 heteroatoms. The molecule has 2 atom stereocenters. The number of nitrogens with zero attached hydrogens (tertiary/aromatic N) is 4. The summed E-state index contributed by atoms with van der Waals surface area (Å²) in [5.41, 5.74) is 4.45. The number of β-amino-alcohol motifs (C(OH)–C–C–N with tert-alkyl or cyclic N) is 1. The van der Waals surface area contributed by atoms with Crippen molar-refractivity contribution in [1.82, 2.24) is 20.2 Å². The number of hydrogen-bond acceptors (Lipinski definition) is 8. The number of rotatable bonds is 6. The number of anilines is 1. The number of pyridine rings is 2. The minimum atomic E-state index is -0.263. The van der Waals surface area contributed by atoms with Gasteiger partial charge in [0, 0.05) is 62.5 Å². The quantitative estimate of drug-likeness (QED) is 0.343. The van der Waals surface area contributed by atoms with Crippen LogP contribution in [0.1, 0.15) is 37.4 Å². The van der Waals surface area contributed by atoms with Crippen molar-refractivity contribution >= 4 is 35.5 Å². The molecule has 1 aromatic carbocycles. The summed E-state index contributed by atoms with van der Waals surface area (Å²) in [6.07, 6.45) is 4.16. The minimum absolute atomic E-state index is 0.00876. The van der Waals surface area contributed by atoms with Gasteiger partial charge in [0.15, 0.2) is 0 Å². The van der Waals surface area contributed by atoms with Crippen molar-refractivity contribution in [2.75, 3.05) is 44.2 Å². The standard InChI is InChI=1S/C30H35Cl2N5O2.CH2O2/c1-2-39-28-6-4-3-5-23(28)26-8-7-24-27(35-26)18-36(17-21-14-22(38)16-33-21)19-30(24)9-11-37(12-10-30)29-25(32)13-20(31)15-34-29;2-1-3/h3-8,13,15,21-22,33,38H,2,9-12,14,16-19H2,1H3;1H,(H,2,3)/t21-,22+;/m1./s1. The predicted octanol–water partition coefficient (Wildman–Crippen LogP) is 4.63. The molecule has 5 heterocycles. The van der Waals surface area contributed by atoms with Crippen LogP contribution in [0.3, 0.4) is 0 Å². The highest BCUT2D eigenvalue weighted by molar-refractivity contribution is 6.36. The van der Waals surface area contributed by atoms with Gasteiger partial charge in [0.2, 0.25) is 0 Å². The average Bonchev–Trinajstić information content (AvgIpc) is 3.38. The molecular formula is C31H37Cl2N5O4. The minimum Gasteiger partial charge on any atom is -0.493 e. The SMILES string of the molecule is CCOc1ccccc1-c1ccc2c(n1)CN(C[C@H]1C[C@H](O)CN1)CC21CCN(c2ncc(Cl)cc2Cl)CC1.O=CO. The third kappa shape index (κ3) is 6.66. The number of aliphatic hydroxyl groups excluding tert-OH is 1. The first-order valence-corrected chi connectivity index (χ1v) is 15.1. The van der Waals surface area contributed by atoms with Crippen LogP contribution in [0.5, 0.6) is 5.75 Å². The number of hydrogen-bond donors (Lipinski definition) is 3. The number of nitrogens with one attached hydrogen (secondary N) is 1. The maximum absolute atomic E-state index is 10.1. The van der Waals surface area contributed by atoms with Crippen LogP contribution in [0.4, 0.5) is 5.82 Å². The smallest absolute Gasteiger partial charge is 0.290 e. The molecule has 0 amide bonds. The largest absolute Gasteiger partial charge is 0.493 e. The Morgan fingerprint density at radius 3 is 2.64 bits per heavy atom. The van der Waals surface area contributed by atoms with E-state index in [-0.39, 0.29) is 24.0 Å². The Balaban J connectivity index is 0.00000113. The normalized spacial score (nSPS) is 21.4. The van der Waals surface area contributed by atoms with E-state index in [1.165, 1.54) is 5.56 Å². The van der Waals surface area contributed by atoms with Crippen LogP contribution >= 0.6 is 23.2 Å². The van der Waals surface area contributed by atoms with Crippen molar-refractivity contribution in [3.8, 4) is 17.0 Å². The van der Waals surface area contributed by atoms with E-state index in [0.29, 0.717) is 23.2 Å². The van der Waals surface area contributed by atoms with Crippen molar-refractivity contribution in [2.24, 2.45) is 0 Å². The maximum Gasteiger partial charge on any atom is 0.290 e. The van der Waals surface area contributed by atoms with Gasteiger partial charge in [-0.05, 0) is 56.0 Å². The molecule has 3 aliphatic heterocycles. The number of fused-ring (bicyclic) bond motifs is 2. The van der Waals surface area contributed by atoms with Crippen LogP contribution in [0.25, 0.3) is 11.3 Å². The Morgan fingerprint density at radius 2 is 1.95 bits per heavy atom. The summed E-state index contributed by atoms with van der Waals surface area (Å²) in [6, 6.07) is 14.7. The average molecular weight is 615 g/mol. The zero-order valence-corrected chi connectivity index (χ0v) is 25.2. The number of carbonyl (C=O) groups is 1. The molecular weight excluding hydrogens is 577 g/mol. The molecule has 3 aromatic rings. The van der Waals surface area contributed by atoms with Gasteiger partial charge in [0.25, 0.3) is 6.47 Å². The monoisotopic (exact) mass is 613 g/mol. The fourth-order valence-electron chi connectivity index (χ4n) is 6.59. The Morgan fingerprint density at radius 1 is 1.19 bits per heavy atom. The van der Waals surface area contributed by atoms with Crippen LogP contribution in [-0.2, 0) is 16.8 Å². The van der Waals surface area contributed by atoms with E-state index in [1.54, 1.807) is 12.3 Å². The van der Waals surface area contributed by atoms with Crippen molar-refractivity contribution in [3.05, 3.63) is 70.0 Å².